The van der Waals surface area contributed by atoms with Gasteiger partial charge in [0.25, 0.3) is 0 Å². The van der Waals surface area contributed by atoms with Gasteiger partial charge in [-0.2, -0.15) is 13.2 Å². The lowest BCUT2D eigenvalue weighted by Gasteiger charge is -2.20. The minimum Gasteiger partial charge on any atom is -0.391 e. The highest BCUT2D eigenvalue weighted by Crippen LogP contribution is 2.36. The van der Waals surface area contributed by atoms with Crippen molar-refractivity contribution in [3.05, 3.63) is 34.3 Å². The third-order valence-corrected chi connectivity index (χ3v) is 3.01. The summed E-state index contributed by atoms with van der Waals surface area (Å²) >= 11 is 5.50. The number of rotatable bonds is 4. The molecule has 0 saturated carbocycles. The van der Waals surface area contributed by atoms with Crippen LogP contribution >= 0.6 is 11.6 Å². The average Bonchev–Trinajstić information content (AvgIpc) is 2.27. The van der Waals surface area contributed by atoms with Crippen molar-refractivity contribution >= 4 is 11.6 Å². The summed E-state index contributed by atoms with van der Waals surface area (Å²) in [6.07, 6.45) is -4.25. The molecule has 18 heavy (non-hydrogen) atoms. The second-order valence-corrected chi connectivity index (χ2v) is 4.53. The van der Waals surface area contributed by atoms with E-state index in [1.54, 1.807) is 0 Å². The molecule has 2 atom stereocenters. The monoisotopic (exact) mass is 281 g/mol. The molecule has 0 aliphatic heterocycles. The molecule has 1 rings (SSSR count). The van der Waals surface area contributed by atoms with Crippen molar-refractivity contribution in [3.8, 4) is 0 Å². The largest absolute Gasteiger partial charge is 0.417 e. The quantitative estimate of drug-likeness (QED) is 0.887. The van der Waals surface area contributed by atoms with E-state index in [0.717, 1.165) is 12.1 Å². The van der Waals surface area contributed by atoms with Crippen LogP contribution in [0.15, 0.2) is 18.2 Å². The number of alkyl halides is 3. The Balaban J connectivity index is 3.05. The van der Waals surface area contributed by atoms with E-state index >= 15 is 0 Å². The van der Waals surface area contributed by atoms with Crippen LogP contribution in [0.5, 0.6) is 0 Å². The maximum Gasteiger partial charge on any atom is 0.417 e. The van der Waals surface area contributed by atoms with E-state index in [9.17, 15) is 18.3 Å². The maximum atomic E-state index is 12.7. The van der Waals surface area contributed by atoms with Crippen LogP contribution in [-0.4, -0.2) is 11.2 Å². The van der Waals surface area contributed by atoms with Gasteiger partial charge in [0, 0.05) is 0 Å². The van der Waals surface area contributed by atoms with Crippen LogP contribution in [0, 0.1) is 0 Å². The first kappa shape index (κ1) is 15.3. The highest BCUT2D eigenvalue weighted by molar-refractivity contribution is 6.31. The predicted molar refractivity (Wildman–Crippen MR) is 64.3 cm³/mol. The van der Waals surface area contributed by atoms with Crippen LogP contribution in [0.25, 0.3) is 0 Å². The molecule has 2 nitrogen and oxygen atoms in total. The molecule has 0 aliphatic carbocycles. The zero-order valence-electron chi connectivity index (χ0n) is 9.84. The molecule has 0 bridgehead atoms. The van der Waals surface area contributed by atoms with E-state index in [0.29, 0.717) is 12.8 Å². The fourth-order valence-electron chi connectivity index (χ4n) is 1.66. The molecule has 0 fully saturated rings. The summed E-state index contributed by atoms with van der Waals surface area (Å²) in [7, 11) is 0. The Labute approximate surface area is 109 Å². The Bertz CT molecular complexity index is 409. The zero-order chi connectivity index (χ0) is 13.9. The maximum absolute atomic E-state index is 12.7. The summed E-state index contributed by atoms with van der Waals surface area (Å²) in [6.45, 7) is 1.86. The minimum atomic E-state index is -4.53. The third kappa shape index (κ3) is 3.60. The van der Waals surface area contributed by atoms with Gasteiger partial charge in [-0.25, -0.2) is 0 Å². The SMILES string of the molecule is CCC[C@H](O)[C@H](N)c1ccc(Cl)c(C(F)(F)F)c1. The number of aliphatic hydroxyl groups is 1. The summed E-state index contributed by atoms with van der Waals surface area (Å²) in [5.41, 5.74) is 5.03. The first-order valence-corrected chi connectivity index (χ1v) is 5.95. The van der Waals surface area contributed by atoms with Crippen LogP contribution in [0.2, 0.25) is 5.02 Å². The number of hydrogen-bond donors (Lipinski definition) is 2. The molecule has 0 saturated heterocycles. The van der Waals surface area contributed by atoms with Crippen LogP contribution in [0.4, 0.5) is 13.2 Å². The zero-order valence-corrected chi connectivity index (χ0v) is 10.6. The molecule has 0 amide bonds. The molecule has 6 heteroatoms. The van der Waals surface area contributed by atoms with Gasteiger partial charge in [-0.15, -0.1) is 0 Å². The van der Waals surface area contributed by atoms with Gasteiger partial charge in [0.1, 0.15) is 0 Å². The Hall–Kier alpha value is -0.780. The molecule has 102 valence electrons. The fourth-order valence-corrected chi connectivity index (χ4v) is 1.89. The van der Waals surface area contributed by atoms with E-state index in [1.165, 1.54) is 6.07 Å². The summed E-state index contributed by atoms with van der Waals surface area (Å²) in [5, 5.41) is 9.32. The van der Waals surface area contributed by atoms with Crippen molar-refractivity contribution in [2.45, 2.75) is 38.1 Å². The lowest BCUT2D eigenvalue weighted by molar-refractivity contribution is -0.137. The van der Waals surface area contributed by atoms with E-state index in [1.807, 2.05) is 6.92 Å². The Kier molecular flexibility index (Phi) is 5.01. The smallest absolute Gasteiger partial charge is 0.391 e. The molecule has 0 aromatic heterocycles. The minimum absolute atomic E-state index is 0.229. The molecule has 0 heterocycles. The van der Waals surface area contributed by atoms with E-state index in [4.69, 9.17) is 17.3 Å². The van der Waals surface area contributed by atoms with E-state index in [-0.39, 0.29) is 10.6 Å². The second kappa shape index (κ2) is 5.91. The lowest BCUT2D eigenvalue weighted by atomic mass is 9.97. The number of nitrogens with two attached hydrogens (primary N) is 1. The van der Waals surface area contributed by atoms with Crippen LogP contribution in [0.3, 0.4) is 0 Å². The lowest BCUT2D eigenvalue weighted by Crippen LogP contribution is -2.26. The first-order valence-electron chi connectivity index (χ1n) is 5.57. The molecule has 0 aliphatic rings. The topological polar surface area (TPSA) is 46.2 Å². The second-order valence-electron chi connectivity index (χ2n) is 4.12. The van der Waals surface area contributed by atoms with E-state index in [2.05, 4.69) is 0 Å². The molecule has 3 N–H and O–H groups in total. The van der Waals surface area contributed by atoms with E-state index < -0.39 is 23.9 Å². The molecule has 1 aromatic rings. The predicted octanol–water partition coefficient (Wildman–Crippen LogP) is 3.52. The Morgan fingerprint density at radius 1 is 1.39 bits per heavy atom. The molecule has 1 aromatic carbocycles. The van der Waals surface area contributed by atoms with Gasteiger partial charge < -0.3 is 10.8 Å². The van der Waals surface area contributed by atoms with Gasteiger partial charge >= 0.3 is 6.18 Å². The normalized spacial score (nSPS) is 15.5. The summed E-state index contributed by atoms with van der Waals surface area (Å²) in [6, 6.07) is 2.61. The van der Waals surface area contributed by atoms with Gasteiger partial charge in [0.2, 0.25) is 0 Å². The van der Waals surface area contributed by atoms with Crippen molar-refractivity contribution in [3.63, 3.8) is 0 Å². The van der Waals surface area contributed by atoms with Gasteiger partial charge in [0.15, 0.2) is 0 Å². The number of benzene rings is 1. The molecular formula is C12H15ClF3NO. The van der Waals surface area contributed by atoms with Gasteiger partial charge in [-0.1, -0.05) is 31.0 Å². The molecule has 0 spiro atoms. The summed E-state index contributed by atoms with van der Waals surface area (Å²) < 4.78 is 38.0. The molecule has 0 unspecified atom stereocenters. The van der Waals surface area contributed by atoms with Crippen LogP contribution < -0.4 is 5.73 Å². The van der Waals surface area contributed by atoms with Crippen molar-refractivity contribution in [1.29, 1.82) is 0 Å². The van der Waals surface area contributed by atoms with Gasteiger partial charge in [0.05, 0.1) is 22.7 Å². The highest BCUT2D eigenvalue weighted by Gasteiger charge is 2.34. The number of hydrogen-bond acceptors (Lipinski definition) is 2. The van der Waals surface area contributed by atoms with Crippen molar-refractivity contribution in [2.75, 3.05) is 0 Å². The summed E-state index contributed by atoms with van der Waals surface area (Å²) in [4.78, 5) is 0. The standard InChI is InChI=1S/C12H15ClF3NO/c1-2-3-10(18)11(17)7-4-5-9(13)8(6-7)12(14,15)16/h4-6,10-11,18H,2-3,17H2,1H3/t10-,11+/m0/s1. The number of halogens is 4. The van der Waals surface area contributed by atoms with Crippen molar-refractivity contribution in [1.82, 2.24) is 0 Å². The fraction of sp³-hybridized carbons (Fsp3) is 0.500. The van der Waals surface area contributed by atoms with Crippen molar-refractivity contribution < 1.29 is 18.3 Å². The third-order valence-electron chi connectivity index (χ3n) is 2.68. The van der Waals surface area contributed by atoms with Crippen molar-refractivity contribution in [2.24, 2.45) is 5.73 Å². The summed E-state index contributed by atoms with van der Waals surface area (Å²) in [5.74, 6) is 0. The van der Waals surface area contributed by atoms with Crippen LogP contribution in [-0.2, 0) is 6.18 Å². The molecular weight excluding hydrogens is 267 g/mol. The Morgan fingerprint density at radius 3 is 2.50 bits per heavy atom. The van der Waals surface area contributed by atoms with Crippen LogP contribution in [0.1, 0.15) is 36.9 Å². The van der Waals surface area contributed by atoms with Gasteiger partial charge in [-0.05, 0) is 24.1 Å². The van der Waals surface area contributed by atoms with Gasteiger partial charge in [-0.3, -0.25) is 0 Å². The molecule has 0 radical (unpaired) electrons. The number of aliphatic hydroxyl groups excluding tert-OH is 1. The first-order chi connectivity index (χ1) is 8.27. The average molecular weight is 282 g/mol. The Morgan fingerprint density at radius 2 is 2.00 bits per heavy atom. The highest BCUT2D eigenvalue weighted by atomic mass is 35.5.